The fourth-order valence-electron chi connectivity index (χ4n) is 0.577. The number of ether oxygens (including phenoxy) is 1. The summed E-state index contributed by atoms with van der Waals surface area (Å²) < 4.78 is 4.50. The first-order chi connectivity index (χ1) is 5.61. The van der Waals surface area contributed by atoms with E-state index in [4.69, 9.17) is 10.2 Å². The summed E-state index contributed by atoms with van der Waals surface area (Å²) in [4.78, 5) is 10.8. The van der Waals surface area contributed by atoms with Crippen molar-refractivity contribution in [1.82, 2.24) is 0 Å². The van der Waals surface area contributed by atoms with Gasteiger partial charge in [0.25, 0.3) is 0 Å². The van der Waals surface area contributed by atoms with E-state index in [0.717, 1.165) is 6.42 Å². The molecular formula is C8H14O4. The molecule has 0 rings (SSSR count). The second-order valence-corrected chi connectivity index (χ2v) is 2.41. The van der Waals surface area contributed by atoms with Crippen LogP contribution in [0, 0.1) is 0 Å². The second-order valence-electron chi connectivity index (χ2n) is 2.41. The largest absolute Gasteiger partial charge is 0.433 e. The summed E-state index contributed by atoms with van der Waals surface area (Å²) in [7, 11) is 0. The van der Waals surface area contributed by atoms with Crippen LogP contribution in [0.3, 0.4) is 0 Å². The zero-order chi connectivity index (χ0) is 9.56. The van der Waals surface area contributed by atoms with Gasteiger partial charge in [-0.25, -0.2) is 4.79 Å². The van der Waals surface area contributed by atoms with Gasteiger partial charge < -0.3 is 14.9 Å². The first-order valence-electron chi connectivity index (χ1n) is 3.79. The van der Waals surface area contributed by atoms with Gasteiger partial charge in [-0.2, -0.15) is 0 Å². The molecule has 70 valence electrons. The molecule has 0 radical (unpaired) electrons. The van der Waals surface area contributed by atoms with E-state index < -0.39 is 18.9 Å². The summed E-state index contributed by atoms with van der Waals surface area (Å²) in [6.07, 6.45) is 0.0237. The molecule has 0 aliphatic heterocycles. The van der Waals surface area contributed by atoms with E-state index >= 15 is 0 Å². The average Bonchev–Trinajstić information content (AvgIpc) is 2.03. The third kappa shape index (κ3) is 4.10. The van der Waals surface area contributed by atoms with E-state index in [9.17, 15) is 4.79 Å². The predicted octanol–water partition coefficient (Wildman–Crippen LogP) is 0.197. The molecular weight excluding hydrogens is 160 g/mol. The van der Waals surface area contributed by atoms with Crippen LogP contribution in [0.25, 0.3) is 0 Å². The molecule has 4 heteroatoms. The highest BCUT2D eigenvalue weighted by molar-refractivity contribution is 5.87. The highest BCUT2D eigenvalue weighted by Gasteiger charge is 2.12. The van der Waals surface area contributed by atoms with Crippen LogP contribution >= 0.6 is 0 Å². The highest BCUT2D eigenvalue weighted by atomic mass is 16.6. The topological polar surface area (TPSA) is 66.8 Å². The summed E-state index contributed by atoms with van der Waals surface area (Å²) in [5.41, 5.74) is -0.0508. The van der Waals surface area contributed by atoms with Gasteiger partial charge in [0.05, 0.1) is 12.2 Å². The molecule has 0 saturated heterocycles. The van der Waals surface area contributed by atoms with Crippen LogP contribution in [0.2, 0.25) is 0 Å². The Bertz CT molecular complexity index is 164. The maximum absolute atomic E-state index is 10.8. The predicted molar refractivity (Wildman–Crippen MR) is 43.2 cm³/mol. The number of rotatable bonds is 5. The second kappa shape index (κ2) is 5.74. The smallest absolute Gasteiger partial charge is 0.338 e. The Balaban J connectivity index is 3.76. The maximum atomic E-state index is 10.8. The first kappa shape index (κ1) is 11.1. The highest BCUT2D eigenvalue weighted by Crippen LogP contribution is 2.01. The summed E-state index contributed by atoms with van der Waals surface area (Å²) in [6.45, 7) is 4.66. The van der Waals surface area contributed by atoms with Crippen molar-refractivity contribution in [2.45, 2.75) is 26.1 Å². The quantitative estimate of drug-likeness (QED) is 0.355. The summed E-state index contributed by atoms with van der Waals surface area (Å²) >= 11 is 0. The number of carbonyl (C=O) groups is 1. The molecule has 2 N–H and O–H groups in total. The molecule has 0 aromatic heterocycles. The first-order valence-corrected chi connectivity index (χ1v) is 3.79. The lowest BCUT2D eigenvalue weighted by Crippen LogP contribution is -2.19. The molecule has 12 heavy (non-hydrogen) atoms. The molecule has 0 bridgehead atoms. The average molecular weight is 174 g/mol. The molecule has 1 atom stereocenters. The van der Waals surface area contributed by atoms with Gasteiger partial charge in [-0.05, 0) is 0 Å². The number of hydrogen-bond acceptors (Lipinski definition) is 4. The van der Waals surface area contributed by atoms with E-state index in [-0.39, 0.29) is 5.57 Å². The van der Waals surface area contributed by atoms with Gasteiger partial charge in [0.2, 0.25) is 6.29 Å². The molecule has 4 nitrogen and oxygen atoms in total. The van der Waals surface area contributed by atoms with Crippen molar-refractivity contribution in [2.75, 3.05) is 6.61 Å². The van der Waals surface area contributed by atoms with Crippen LogP contribution < -0.4 is 0 Å². The minimum absolute atomic E-state index is 0.0508. The SMILES string of the molecule is C=C(CO)C(=O)OC(O)CCC. The number of hydrogen-bond donors (Lipinski definition) is 2. The molecule has 0 amide bonds. The monoisotopic (exact) mass is 174 g/mol. The third-order valence-corrected chi connectivity index (χ3v) is 1.26. The molecule has 0 aliphatic rings. The molecule has 0 aromatic carbocycles. The Labute approximate surface area is 71.5 Å². The maximum Gasteiger partial charge on any atom is 0.338 e. The molecule has 0 spiro atoms. The van der Waals surface area contributed by atoms with Crippen molar-refractivity contribution < 1.29 is 19.7 Å². The van der Waals surface area contributed by atoms with E-state index in [2.05, 4.69) is 11.3 Å². The third-order valence-electron chi connectivity index (χ3n) is 1.26. The zero-order valence-electron chi connectivity index (χ0n) is 7.12. The fourth-order valence-corrected chi connectivity index (χ4v) is 0.577. The van der Waals surface area contributed by atoms with Crippen LogP contribution in [0.15, 0.2) is 12.2 Å². The lowest BCUT2D eigenvalue weighted by Gasteiger charge is -2.10. The van der Waals surface area contributed by atoms with Gasteiger partial charge >= 0.3 is 5.97 Å². The summed E-state index contributed by atoms with van der Waals surface area (Å²) in [5.74, 6) is -0.751. The van der Waals surface area contributed by atoms with E-state index in [1.54, 1.807) is 0 Å². The van der Waals surface area contributed by atoms with E-state index in [1.807, 2.05) is 6.92 Å². The molecule has 0 saturated carbocycles. The van der Waals surface area contributed by atoms with Crippen LogP contribution in [-0.2, 0) is 9.53 Å². The molecule has 0 fully saturated rings. The lowest BCUT2D eigenvalue weighted by atomic mass is 10.3. The Kier molecular flexibility index (Phi) is 5.32. The van der Waals surface area contributed by atoms with Crippen LogP contribution in [-0.4, -0.2) is 29.1 Å². The van der Waals surface area contributed by atoms with Crippen LogP contribution in [0.1, 0.15) is 19.8 Å². The van der Waals surface area contributed by atoms with Crippen molar-refractivity contribution in [3.8, 4) is 0 Å². The van der Waals surface area contributed by atoms with Crippen LogP contribution in [0.5, 0.6) is 0 Å². The van der Waals surface area contributed by atoms with Gasteiger partial charge in [-0.3, -0.25) is 0 Å². The van der Waals surface area contributed by atoms with E-state index in [1.165, 1.54) is 0 Å². The Hall–Kier alpha value is -0.870. The fraction of sp³-hybridized carbons (Fsp3) is 0.625. The van der Waals surface area contributed by atoms with E-state index in [0.29, 0.717) is 6.42 Å². The van der Waals surface area contributed by atoms with Gasteiger partial charge in [0.1, 0.15) is 0 Å². The zero-order valence-corrected chi connectivity index (χ0v) is 7.12. The number of esters is 1. The standard InChI is InChI=1S/C8H14O4/c1-3-4-7(10)12-8(11)6(2)5-9/h7,9-10H,2-5H2,1H3. The van der Waals surface area contributed by atoms with Crippen LogP contribution in [0.4, 0.5) is 0 Å². The number of aliphatic hydroxyl groups excluding tert-OH is 2. The Morgan fingerprint density at radius 2 is 2.25 bits per heavy atom. The number of carbonyl (C=O) groups excluding carboxylic acids is 1. The lowest BCUT2D eigenvalue weighted by molar-refractivity contribution is -0.164. The Morgan fingerprint density at radius 3 is 2.67 bits per heavy atom. The molecule has 0 heterocycles. The van der Waals surface area contributed by atoms with Crippen molar-refractivity contribution in [3.05, 3.63) is 12.2 Å². The summed E-state index contributed by atoms with van der Waals surface area (Å²) in [6, 6.07) is 0. The minimum atomic E-state index is -1.09. The van der Waals surface area contributed by atoms with Crippen molar-refractivity contribution in [1.29, 1.82) is 0 Å². The van der Waals surface area contributed by atoms with Gasteiger partial charge in [0.15, 0.2) is 0 Å². The summed E-state index contributed by atoms with van der Waals surface area (Å²) in [5, 5.41) is 17.5. The minimum Gasteiger partial charge on any atom is -0.433 e. The number of aliphatic hydroxyl groups is 2. The molecule has 0 aromatic rings. The normalized spacial score (nSPS) is 12.2. The van der Waals surface area contributed by atoms with Gasteiger partial charge in [-0.1, -0.05) is 19.9 Å². The molecule has 1 unspecified atom stereocenters. The Morgan fingerprint density at radius 1 is 1.67 bits per heavy atom. The van der Waals surface area contributed by atoms with Crippen molar-refractivity contribution >= 4 is 5.97 Å². The van der Waals surface area contributed by atoms with Crippen molar-refractivity contribution in [2.24, 2.45) is 0 Å². The van der Waals surface area contributed by atoms with Gasteiger partial charge in [0, 0.05) is 6.42 Å². The van der Waals surface area contributed by atoms with Crippen molar-refractivity contribution in [3.63, 3.8) is 0 Å². The van der Waals surface area contributed by atoms with Gasteiger partial charge in [-0.15, -0.1) is 0 Å². The molecule has 0 aliphatic carbocycles.